The molecule has 1 N–H and O–H groups in total. The number of rotatable bonds is 2. The second-order valence-electron chi connectivity index (χ2n) is 9.27. The molecule has 2 aromatic carbocycles. The Kier molecular flexibility index (Phi) is 3.78. The number of carbonyl (C=O) groups excluding carboxylic acids is 1. The molecule has 3 heteroatoms. The van der Waals surface area contributed by atoms with Gasteiger partial charge in [0.15, 0.2) is 0 Å². The molecule has 2 bridgehead atoms. The molecule has 2 aliphatic heterocycles. The summed E-state index contributed by atoms with van der Waals surface area (Å²) in [7, 11) is 0. The lowest BCUT2D eigenvalue weighted by Gasteiger charge is -2.43. The number of fused-ring (bicyclic) bond motifs is 7. The Bertz CT molecular complexity index is 902. The van der Waals surface area contributed by atoms with E-state index >= 15 is 0 Å². The number of nitrogens with zero attached hydrogens (tertiary/aromatic N) is 1. The van der Waals surface area contributed by atoms with Gasteiger partial charge in [0.2, 0.25) is 0 Å². The molecule has 1 amide bonds. The molecular formula is C25H28N2O. The number of carbonyl (C=O) groups is 1. The van der Waals surface area contributed by atoms with E-state index in [1.54, 1.807) is 0 Å². The number of nitrogens with one attached hydrogen (secondary N) is 1. The molecule has 0 aromatic heterocycles. The van der Waals surface area contributed by atoms with Crippen molar-refractivity contribution >= 4 is 11.6 Å². The number of likely N-dealkylation sites (tertiary alicyclic amines) is 1. The predicted octanol–water partition coefficient (Wildman–Crippen LogP) is 5.22. The van der Waals surface area contributed by atoms with Crippen LogP contribution in [0.3, 0.4) is 0 Å². The average molecular weight is 373 g/mol. The van der Waals surface area contributed by atoms with Gasteiger partial charge in [0, 0.05) is 24.3 Å². The highest BCUT2D eigenvalue weighted by Crippen LogP contribution is 2.63. The van der Waals surface area contributed by atoms with Crippen LogP contribution in [0.15, 0.2) is 48.5 Å². The molecule has 2 saturated carbocycles. The Balaban J connectivity index is 1.41. The lowest BCUT2D eigenvalue weighted by atomic mass is 9.68. The maximum atomic E-state index is 13.0. The summed E-state index contributed by atoms with van der Waals surface area (Å²) in [6.45, 7) is 1.84. The molecule has 2 aromatic rings. The van der Waals surface area contributed by atoms with Gasteiger partial charge in [-0.05, 0) is 85.1 Å². The minimum Gasteiger partial charge on any atom is -0.378 e. The molecule has 3 fully saturated rings. The van der Waals surface area contributed by atoms with Gasteiger partial charge in [0.25, 0.3) is 5.91 Å². The normalized spacial score (nSPS) is 32.7. The second-order valence-corrected chi connectivity index (χ2v) is 9.27. The van der Waals surface area contributed by atoms with E-state index in [4.69, 9.17) is 0 Å². The maximum Gasteiger partial charge on any atom is 0.253 e. The minimum absolute atomic E-state index is 0.227. The molecule has 2 aliphatic carbocycles. The van der Waals surface area contributed by atoms with Gasteiger partial charge in [-0.25, -0.2) is 0 Å². The maximum absolute atomic E-state index is 13.0. The van der Waals surface area contributed by atoms with Crippen molar-refractivity contribution in [3.05, 3.63) is 65.2 Å². The van der Waals surface area contributed by atoms with Crippen LogP contribution in [0.1, 0.15) is 65.5 Å². The van der Waals surface area contributed by atoms with E-state index in [0.717, 1.165) is 43.3 Å². The molecule has 1 saturated heterocycles. The number of hydrogen-bond acceptors (Lipinski definition) is 2. The molecule has 4 aliphatic rings. The number of amides is 1. The summed E-state index contributed by atoms with van der Waals surface area (Å²) in [5.41, 5.74) is 4.96. The van der Waals surface area contributed by atoms with Crippen molar-refractivity contribution in [3.63, 3.8) is 0 Å². The third-order valence-corrected chi connectivity index (χ3v) is 7.89. The summed E-state index contributed by atoms with van der Waals surface area (Å²) >= 11 is 0. The van der Waals surface area contributed by atoms with Crippen molar-refractivity contribution in [2.24, 2.45) is 17.8 Å². The summed E-state index contributed by atoms with van der Waals surface area (Å²) in [6.07, 6.45) is 6.39. The summed E-state index contributed by atoms with van der Waals surface area (Å²) in [6, 6.07) is 17.8. The van der Waals surface area contributed by atoms with Gasteiger partial charge in [0.05, 0.1) is 6.04 Å². The number of anilines is 1. The lowest BCUT2D eigenvalue weighted by Crippen LogP contribution is -2.36. The summed E-state index contributed by atoms with van der Waals surface area (Å²) in [5, 5.41) is 3.88. The third-order valence-electron chi connectivity index (χ3n) is 7.89. The Morgan fingerprint density at radius 2 is 1.75 bits per heavy atom. The summed E-state index contributed by atoms with van der Waals surface area (Å²) in [4.78, 5) is 15.0. The number of hydrogen-bond donors (Lipinski definition) is 1. The first-order valence-electron chi connectivity index (χ1n) is 11.0. The van der Waals surface area contributed by atoms with Gasteiger partial charge >= 0.3 is 0 Å². The van der Waals surface area contributed by atoms with Crippen LogP contribution in [0.2, 0.25) is 0 Å². The second kappa shape index (κ2) is 6.37. The van der Waals surface area contributed by atoms with E-state index < -0.39 is 0 Å². The topological polar surface area (TPSA) is 32.3 Å². The smallest absolute Gasteiger partial charge is 0.253 e. The van der Waals surface area contributed by atoms with E-state index in [1.165, 1.54) is 36.1 Å². The highest BCUT2D eigenvalue weighted by Gasteiger charge is 2.53. The molecule has 5 atom stereocenters. The zero-order valence-corrected chi connectivity index (χ0v) is 16.3. The minimum atomic E-state index is 0.227. The van der Waals surface area contributed by atoms with Crippen molar-refractivity contribution in [3.8, 4) is 0 Å². The zero-order chi connectivity index (χ0) is 18.7. The van der Waals surface area contributed by atoms with Gasteiger partial charge in [-0.3, -0.25) is 4.79 Å². The van der Waals surface area contributed by atoms with Crippen LogP contribution in [0.25, 0.3) is 0 Å². The van der Waals surface area contributed by atoms with Gasteiger partial charge < -0.3 is 10.2 Å². The average Bonchev–Trinajstić information content (AvgIpc) is 3.51. The van der Waals surface area contributed by atoms with Crippen molar-refractivity contribution in [2.75, 3.05) is 18.4 Å². The molecule has 3 nitrogen and oxygen atoms in total. The van der Waals surface area contributed by atoms with E-state index in [0.29, 0.717) is 17.9 Å². The van der Waals surface area contributed by atoms with Crippen molar-refractivity contribution in [1.29, 1.82) is 0 Å². The SMILES string of the molecule is O=C(c1ccc2c(c1)[C@H]1[C@@H]3CC[C@H](C3)[C@H]1[C@@H](c1ccccc1)N2)N1CCCC1. The Hall–Kier alpha value is -2.29. The highest BCUT2D eigenvalue weighted by atomic mass is 16.2. The molecule has 144 valence electrons. The molecule has 0 spiro atoms. The van der Waals surface area contributed by atoms with E-state index in [-0.39, 0.29) is 5.91 Å². The Morgan fingerprint density at radius 1 is 0.964 bits per heavy atom. The van der Waals surface area contributed by atoms with E-state index in [9.17, 15) is 4.79 Å². The fraction of sp³-hybridized carbons (Fsp3) is 0.480. The fourth-order valence-corrected chi connectivity index (χ4v) is 6.71. The monoisotopic (exact) mass is 372 g/mol. The van der Waals surface area contributed by atoms with Gasteiger partial charge in [-0.2, -0.15) is 0 Å². The van der Waals surface area contributed by atoms with Gasteiger partial charge in [-0.1, -0.05) is 30.3 Å². The first-order chi connectivity index (χ1) is 13.8. The van der Waals surface area contributed by atoms with Crippen molar-refractivity contribution in [2.45, 2.75) is 44.1 Å². The molecule has 0 unspecified atom stereocenters. The first-order valence-corrected chi connectivity index (χ1v) is 11.0. The Labute approximate surface area is 167 Å². The zero-order valence-electron chi connectivity index (χ0n) is 16.3. The standard InChI is InChI=1S/C25H28N2O/c28-25(27-12-4-5-13-27)19-10-11-21-20(15-19)22-17-8-9-18(14-17)23(22)24(26-21)16-6-2-1-3-7-16/h1-3,6-7,10-11,15,17-18,22-24,26H,4-5,8-9,12-14H2/t17-,18-,22-,23-,24-/m1/s1. The molecule has 28 heavy (non-hydrogen) atoms. The molecule has 6 rings (SSSR count). The molecule has 2 heterocycles. The first kappa shape index (κ1) is 16.6. The van der Waals surface area contributed by atoms with Crippen LogP contribution in [0.4, 0.5) is 5.69 Å². The van der Waals surface area contributed by atoms with Crippen molar-refractivity contribution < 1.29 is 4.79 Å². The molecule has 0 radical (unpaired) electrons. The summed E-state index contributed by atoms with van der Waals surface area (Å²) in [5.74, 6) is 3.10. The van der Waals surface area contributed by atoms with Crippen LogP contribution in [-0.4, -0.2) is 23.9 Å². The highest BCUT2D eigenvalue weighted by molar-refractivity contribution is 5.95. The third kappa shape index (κ3) is 2.45. The Morgan fingerprint density at radius 3 is 2.57 bits per heavy atom. The number of benzene rings is 2. The van der Waals surface area contributed by atoms with Crippen LogP contribution < -0.4 is 5.32 Å². The van der Waals surface area contributed by atoms with Gasteiger partial charge in [-0.15, -0.1) is 0 Å². The van der Waals surface area contributed by atoms with Crippen LogP contribution in [0, 0.1) is 17.8 Å². The van der Waals surface area contributed by atoms with E-state index in [1.807, 2.05) is 11.0 Å². The predicted molar refractivity (Wildman–Crippen MR) is 111 cm³/mol. The fourth-order valence-electron chi connectivity index (χ4n) is 6.71. The summed E-state index contributed by atoms with van der Waals surface area (Å²) < 4.78 is 0. The van der Waals surface area contributed by atoms with Gasteiger partial charge in [0.1, 0.15) is 0 Å². The largest absolute Gasteiger partial charge is 0.378 e. The quantitative estimate of drug-likeness (QED) is 0.784. The van der Waals surface area contributed by atoms with Crippen LogP contribution in [-0.2, 0) is 0 Å². The van der Waals surface area contributed by atoms with Crippen molar-refractivity contribution in [1.82, 2.24) is 4.90 Å². The van der Waals surface area contributed by atoms with Crippen LogP contribution in [0.5, 0.6) is 0 Å². The lowest BCUT2D eigenvalue weighted by molar-refractivity contribution is 0.0792. The molecular weight excluding hydrogens is 344 g/mol. The van der Waals surface area contributed by atoms with Crippen LogP contribution >= 0.6 is 0 Å². The van der Waals surface area contributed by atoms with E-state index in [2.05, 4.69) is 47.8 Å².